The van der Waals surface area contributed by atoms with E-state index in [0.29, 0.717) is 23.0 Å². The summed E-state index contributed by atoms with van der Waals surface area (Å²) in [5.74, 6) is -1.41. The van der Waals surface area contributed by atoms with Gasteiger partial charge in [-0.1, -0.05) is 13.8 Å². The van der Waals surface area contributed by atoms with Crippen LogP contribution in [0.5, 0.6) is 0 Å². The molecule has 0 heterocycles. The van der Waals surface area contributed by atoms with Crippen molar-refractivity contribution in [2.75, 3.05) is 0 Å². The van der Waals surface area contributed by atoms with Gasteiger partial charge >= 0.3 is 5.97 Å². The summed E-state index contributed by atoms with van der Waals surface area (Å²) in [5.41, 5.74) is 0.367. The van der Waals surface area contributed by atoms with E-state index in [-0.39, 0.29) is 6.42 Å². The number of carbonyl (C=O) groups excluding carboxylic acids is 1. The maximum Gasteiger partial charge on any atom is 0.304 e. The number of carbonyl (C=O) groups is 2. The highest BCUT2D eigenvalue weighted by atomic mass is 19.1. The van der Waals surface area contributed by atoms with Crippen molar-refractivity contribution < 1.29 is 19.1 Å². The molecule has 0 fully saturated rings. The van der Waals surface area contributed by atoms with Crippen LogP contribution in [0, 0.1) is 12.7 Å². The molecule has 0 saturated carbocycles. The summed E-state index contributed by atoms with van der Waals surface area (Å²) >= 11 is 0. The zero-order valence-corrected chi connectivity index (χ0v) is 10.1. The molecular formula is C13H15FO3. The minimum Gasteiger partial charge on any atom is -0.481 e. The predicted octanol–water partition coefficient (Wildman–Crippen LogP) is 2.70. The quantitative estimate of drug-likeness (QED) is 0.820. The average molecular weight is 238 g/mol. The van der Waals surface area contributed by atoms with Crippen LogP contribution in [0.15, 0.2) is 12.1 Å². The van der Waals surface area contributed by atoms with Gasteiger partial charge in [0.05, 0.1) is 6.42 Å². The van der Waals surface area contributed by atoms with Crippen molar-refractivity contribution in [1.82, 2.24) is 0 Å². The fraction of sp³-hybridized carbons (Fsp3) is 0.385. The minimum atomic E-state index is -0.979. The zero-order valence-electron chi connectivity index (χ0n) is 10.1. The summed E-state index contributed by atoms with van der Waals surface area (Å²) in [7, 11) is 0. The Bertz CT molecular complexity index is 464. The number of aliphatic carboxylic acids is 1. The van der Waals surface area contributed by atoms with Crippen LogP contribution in [-0.4, -0.2) is 17.4 Å². The lowest BCUT2D eigenvalue weighted by Gasteiger charge is -2.25. The summed E-state index contributed by atoms with van der Waals surface area (Å²) in [4.78, 5) is 21.7. The fourth-order valence-corrected chi connectivity index (χ4v) is 1.86. The van der Waals surface area contributed by atoms with Crippen LogP contribution in [0.2, 0.25) is 0 Å². The molecule has 0 aliphatic carbocycles. The van der Waals surface area contributed by atoms with Crippen molar-refractivity contribution in [2.45, 2.75) is 32.6 Å². The molecule has 92 valence electrons. The summed E-state index contributed by atoms with van der Waals surface area (Å²) in [6, 6.07) is 2.70. The molecular weight excluding hydrogens is 223 g/mol. The first-order valence-corrected chi connectivity index (χ1v) is 5.25. The summed E-state index contributed by atoms with van der Waals surface area (Å²) in [6.45, 7) is 4.92. The number of carboxylic acid groups (broad SMARTS) is 1. The van der Waals surface area contributed by atoms with E-state index in [1.54, 1.807) is 20.8 Å². The van der Waals surface area contributed by atoms with E-state index in [0.717, 1.165) is 0 Å². The van der Waals surface area contributed by atoms with E-state index in [1.807, 2.05) is 0 Å². The molecule has 0 radical (unpaired) electrons. The van der Waals surface area contributed by atoms with E-state index < -0.39 is 17.2 Å². The van der Waals surface area contributed by atoms with Crippen molar-refractivity contribution in [3.63, 3.8) is 0 Å². The second-order valence-corrected chi connectivity index (χ2v) is 4.76. The first-order chi connectivity index (χ1) is 7.77. The number of halogens is 1. The molecule has 1 aromatic carbocycles. The van der Waals surface area contributed by atoms with Crippen LogP contribution in [0.25, 0.3) is 0 Å². The molecule has 3 nitrogen and oxygen atoms in total. The molecule has 0 bridgehead atoms. The number of aldehydes is 1. The van der Waals surface area contributed by atoms with Crippen LogP contribution in [-0.2, 0) is 10.2 Å². The van der Waals surface area contributed by atoms with E-state index in [4.69, 9.17) is 5.11 Å². The molecule has 0 spiro atoms. The molecule has 1 N–H and O–H groups in total. The molecule has 1 rings (SSSR count). The van der Waals surface area contributed by atoms with E-state index in [1.165, 1.54) is 12.1 Å². The maximum absolute atomic E-state index is 13.5. The van der Waals surface area contributed by atoms with Gasteiger partial charge in [0.2, 0.25) is 0 Å². The van der Waals surface area contributed by atoms with Gasteiger partial charge in [-0.05, 0) is 30.2 Å². The van der Waals surface area contributed by atoms with Crippen molar-refractivity contribution in [2.24, 2.45) is 0 Å². The van der Waals surface area contributed by atoms with E-state index >= 15 is 0 Å². The number of hydrogen-bond donors (Lipinski definition) is 1. The fourth-order valence-electron chi connectivity index (χ4n) is 1.86. The summed E-state index contributed by atoms with van der Waals surface area (Å²) in [6.07, 6.45) is 0.474. The lowest BCUT2D eigenvalue weighted by molar-refractivity contribution is -0.138. The molecule has 0 aliphatic heterocycles. The third-order valence-corrected chi connectivity index (χ3v) is 2.78. The molecule has 0 atom stereocenters. The Morgan fingerprint density at radius 3 is 2.53 bits per heavy atom. The lowest BCUT2D eigenvalue weighted by Crippen LogP contribution is -2.23. The third-order valence-electron chi connectivity index (χ3n) is 2.78. The van der Waals surface area contributed by atoms with E-state index in [2.05, 4.69) is 0 Å². The van der Waals surface area contributed by atoms with Gasteiger partial charge in [0, 0.05) is 11.0 Å². The maximum atomic E-state index is 13.5. The summed E-state index contributed by atoms with van der Waals surface area (Å²) in [5, 5.41) is 8.82. The Balaban J connectivity index is 3.33. The molecule has 17 heavy (non-hydrogen) atoms. The Morgan fingerprint density at radius 1 is 1.47 bits per heavy atom. The number of benzene rings is 1. The van der Waals surface area contributed by atoms with Crippen LogP contribution in [0.1, 0.15) is 41.8 Å². The lowest BCUT2D eigenvalue weighted by atomic mass is 9.79. The van der Waals surface area contributed by atoms with Gasteiger partial charge < -0.3 is 5.11 Å². The van der Waals surface area contributed by atoms with Crippen molar-refractivity contribution in [3.8, 4) is 0 Å². The molecule has 0 unspecified atom stereocenters. The standard InChI is InChI=1S/C13H15FO3/c1-8-4-9(7-15)10(5-11(8)14)13(2,3)6-12(16)17/h4-5,7H,6H2,1-3H3,(H,16,17). The Hall–Kier alpha value is -1.71. The van der Waals surface area contributed by atoms with Gasteiger partial charge in [-0.25, -0.2) is 4.39 Å². The van der Waals surface area contributed by atoms with Crippen LogP contribution < -0.4 is 0 Å². The highest BCUT2D eigenvalue weighted by molar-refractivity contribution is 5.79. The van der Waals surface area contributed by atoms with Crippen LogP contribution >= 0.6 is 0 Å². The second-order valence-electron chi connectivity index (χ2n) is 4.76. The number of aryl methyl sites for hydroxylation is 1. The summed E-state index contributed by atoms with van der Waals surface area (Å²) < 4.78 is 13.5. The highest BCUT2D eigenvalue weighted by Gasteiger charge is 2.27. The monoisotopic (exact) mass is 238 g/mol. The van der Waals surface area contributed by atoms with Crippen molar-refractivity contribution in [3.05, 3.63) is 34.6 Å². The first kappa shape index (κ1) is 13.4. The minimum absolute atomic E-state index is 0.156. The van der Waals surface area contributed by atoms with Crippen LogP contribution in [0.4, 0.5) is 4.39 Å². The van der Waals surface area contributed by atoms with E-state index in [9.17, 15) is 14.0 Å². The molecule has 0 aromatic heterocycles. The van der Waals surface area contributed by atoms with Gasteiger partial charge in [0.25, 0.3) is 0 Å². The predicted molar refractivity (Wildman–Crippen MR) is 61.8 cm³/mol. The number of hydrogen-bond acceptors (Lipinski definition) is 2. The molecule has 1 aromatic rings. The zero-order chi connectivity index (χ0) is 13.2. The number of rotatable bonds is 4. The Kier molecular flexibility index (Phi) is 3.66. The smallest absolute Gasteiger partial charge is 0.304 e. The molecule has 0 amide bonds. The van der Waals surface area contributed by atoms with Gasteiger partial charge in [0.15, 0.2) is 0 Å². The van der Waals surface area contributed by atoms with Gasteiger partial charge in [-0.15, -0.1) is 0 Å². The third kappa shape index (κ3) is 2.90. The van der Waals surface area contributed by atoms with Crippen molar-refractivity contribution >= 4 is 12.3 Å². The average Bonchev–Trinajstić information content (AvgIpc) is 2.19. The molecule has 0 aliphatic rings. The van der Waals surface area contributed by atoms with Crippen LogP contribution in [0.3, 0.4) is 0 Å². The van der Waals surface area contributed by atoms with Crippen molar-refractivity contribution in [1.29, 1.82) is 0 Å². The second kappa shape index (κ2) is 4.65. The topological polar surface area (TPSA) is 54.4 Å². The molecule has 4 heteroatoms. The SMILES string of the molecule is Cc1cc(C=O)c(C(C)(C)CC(=O)O)cc1F. The Labute approximate surface area is 99.3 Å². The van der Waals surface area contributed by atoms with Gasteiger partial charge in [-0.2, -0.15) is 0 Å². The molecule has 0 saturated heterocycles. The Morgan fingerprint density at radius 2 is 2.06 bits per heavy atom. The van der Waals surface area contributed by atoms with Gasteiger partial charge in [0.1, 0.15) is 12.1 Å². The normalized spacial score (nSPS) is 11.3. The largest absolute Gasteiger partial charge is 0.481 e. The highest BCUT2D eigenvalue weighted by Crippen LogP contribution is 2.30. The van der Waals surface area contributed by atoms with Gasteiger partial charge in [-0.3, -0.25) is 9.59 Å². The first-order valence-electron chi connectivity index (χ1n) is 5.25. The number of carboxylic acids is 1.